The van der Waals surface area contributed by atoms with E-state index in [4.69, 9.17) is 4.74 Å². The number of benzene rings is 2. The minimum atomic E-state index is -0.456. The van der Waals surface area contributed by atoms with Crippen LogP contribution in [0, 0.1) is 0 Å². The van der Waals surface area contributed by atoms with Crippen LogP contribution in [0.1, 0.15) is 21.6 Å². The molecule has 128 valence electrons. The Morgan fingerprint density at radius 2 is 1.42 bits per heavy atom. The first-order chi connectivity index (χ1) is 12.8. The summed E-state index contributed by atoms with van der Waals surface area (Å²) in [6, 6.07) is 18.8. The van der Waals surface area contributed by atoms with Crippen LogP contribution < -0.4 is 0 Å². The first-order valence-electron chi connectivity index (χ1n) is 8.34. The number of pyridine rings is 1. The van der Waals surface area contributed by atoms with Crippen molar-refractivity contribution in [3.8, 4) is 0 Å². The molecule has 0 aliphatic carbocycles. The van der Waals surface area contributed by atoms with Gasteiger partial charge in [0.15, 0.2) is 0 Å². The highest BCUT2D eigenvalue weighted by atomic mass is 16.5. The Kier molecular flexibility index (Phi) is 4.19. The number of aromatic nitrogens is 2. The van der Waals surface area contributed by atoms with Crippen LogP contribution >= 0.6 is 0 Å². The van der Waals surface area contributed by atoms with Crippen molar-refractivity contribution in [2.75, 3.05) is 6.61 Å². The van der Waals surface area contributed by atoms with Crippen LogP contribution in [0.15, 0.2) is 73.1 Å². The summed E-state index contributed by atoms with van der Waals surface area (Å²) < 4.78 is 6.92. The van der Waals surface area contributed by atoms with E-state index in [-0.39, 0.29) is 18.9 Å². The lowest BCUT2D eigenvalue weighted by molar-refractivity contribution is 0.0490. The van der Waals surface area contributed by atoms with Gasteiger partial charge < -0.3 is 4.74 Å². The van der Waals surface area contributed by atoms with Gasteiger partial charge in [-0.05, 0) is 24.3 Å². The van der Waals surface area contributed by atoms with Crippen molar-refractivity contribution in [3.05, 3.63) is 78.6 Å². The Bertz CT molecular complexity index is 1050. The molecule has 0 amide bonds. The van der Waals surface area contributed by atoms with Gasteiger partial charge in [-0.25, -0.2) is 4.79 Å². The van der Waals surface area contributed by atoms with Gasteiger partial charge in [0.25, 0.3) is 0 Å². The first-order valence-corrected chi connectivity index (χ1v) is 8.34. The lowest BCUT2D eigenvalue weighted by atomic mass is 10.2. The molecule has 0 spiro atoms. The van der Waals surface area contributed by atoms with Crippen molar-refractivity contribution in [2.45, 2.75) is 6.42 Å². The SMILES string of the molecule is O=C(OCCC(=O)n1c2ccccc2c2ccccc21)c1ccncc1. The minimum absolute atomic E-state index is 0.0286. The zero-order valence-corrected chi connectivity index (χ0v) is 14.0. The van der Waals surface area contributed by atoms with Crippen LogP contribution in [0.5, 0.6) is 0 Å². The van der Waals surface area contributed by atoms with Gasteiger partial charge in [0.2, 0.25) is 5.91 Å². The molecule has 0 saturated carbocycles. The summed E-state index contributed by atoms with van der Waals surface area (Å²) in [4.78, 5) is 28.6. The molecule has 0 fully saturated rings. The maximum absolute atomic E-state index is 12.8. The Morgan fingerprint density at radius 3 is 2.04 bits per heavy atom. The fourth-order valence-corrected chi connectivity index (χ4v) is 3.11. The molecule has 0 N–H and O–H groups in total. The molecular formula is C21H16N2O3. The van der Waals surface area contributed by atoms with E-state index in [2.05, 4.69) is 4.98 Å². The standard InChI is InChI=1S/C21H16N2O3/c24-20(11-14-26-21(25)15-9-12-22-13-10-15)23-18-7-3-1-5-16(18)17-6-2-4-8-19(17)23/h1-10,12-13H,11,14H2. The molecule has 0 atom stereocenters. The van der Waals surface area contributed by atoms with Gasteiger partial charge in [-0.2, -0.15) is 0 Å². The number of hydrogen-bond donors (Lipinski definition) is 0. The quantitative estimate of drug-likeness (QED) is 0.524. The second kappa shape index (κ2) is 6.80. The van der Waals surface area contributed by atoms with Gasteiger partial charge in [-0.3, -0.25) is 14.3 Å². The maximum Gasteiger partial charge on any atom is 0.338 e. The van der Waals surface area contributed by atoms with Crippen LogP contribution in [-0.4, -0.2) is 28.0 Å². The van der Waals surface area contributed by atoms with Crippen molar-refractivity contribution in [3.63, 3.8) is 0 Å². The normalized spacial score (nSPS) is 10.9. The van der Waals surface area contributed by atoms with Crippen LogP contribution in [0.25, 0.3) is 21.8 Å². The van der Waals surface area contributed by atoms with Gasteiger partial charge in [-0.15, -0.1) is 0 Å². The van der Waals surface area contributed by atoms with E-state index < -0.39 is 5.97 Å². The van der Waals surface area contributed by atoms with Crippen molar-refractivity contribution in [1.29, 1.82) is 0 Å². The van der Waals surface area contributed by atoms with Gasteiger partial charge in [-0.1, -0.05) is 36.4 Å². The molecule has 0 aliphatic heterocycles. The first kappa shape index (κ1) is 16.0. The highest BCUT2D eigenvalue weighted by Gasteiger charge is 2.16. The smallest absolute Gasteiger partial charge is 0.338 e. The van der Waals surface area contributed by atoms with Crippen LogP contribution in [0.2, 0.25) is 0 Å². The number of ether oxygens (including phenoxy) is 1. The van der Waals surface area contributed by atoms with E-state index in [9.17, 15) is 9.59 Å². The zero-order valence-electron chi connectivity index (χ0n) is 14.0. The van der Waals surface area contributed by atoms with E-state index in [1.54, 1.807) is 16.7 Å². The summed E-state index contributed by atoms with van der Waals surface area (Å²) in [5.74, 6) is -0.563. The van der Waals surface area contributed by atoms with Crippen LogP contribution in [-0.2, 0) is 4.74 Å². The van der Waals surface area contributed by atoms with Gasteiger partial charge >= 0.3 is 5.97 Å². The van der Waals surface area contributed by atoms with E-state index in [0.717, 1.165) is 21.8 Å². The summed E-state index contributed by atoms with van der Waals surface area (Å²) in [5.41, 5.74) is 2.14. The average Bonchev–Trinajstić information content (AvgIpc) is 3.03. The van der Waals surface area contributed by atoms with Crippen LogP contribution in [0.3, 0.4) is 0 Å². The van der Waals surface area contributed by atoms with Gasteiger partial charge in [0.1, 0.15) is 6.61 Å². The number of carbonyl (C=O) groups is 2. The molecule has 2 aromatic carbocycles. The molecule has 2 aromatic heterocycles. The molecule has 5 heteroatoms. The Labute approximate surface area is 149 Å². The number of hydrogen-bond acceptors (Lipinski definition) is 4. The topological polar surface area (TPSA) is 61.2 Å². The summed E-state index contributed by atoms with van der Waals surface area (Å²) in [7, 11) is 0. The third-order valence-electron chi connectivity index (χ3n) is 4.29. The number of carbonyl (C=O) groups excluding carboxylic acids is 2. The number of para-hydroxylation sites is 2. The Balaban J connectivity index is 1.56. The lowest BCUT2D eigenvalue weighted by Gasteiger charge is -2.07. The molecule has 2 heterocycles. The molecule has 5 nitrogen and oxygen atoms in total. The molecule has 0 saturated heterocycles. The predicted molar refractivity (Wildman–Crippen MR) is 99.2 cm³/mol. The summed E-state index contributed by atoms with van der Waals surface area (Å²) in [6.45, 7) is 0.0286. The molecule has 0 radical (unpaired) electrons. The fraction of sp³-hybridized carbons (Fsp3) is 0.0952. The van der Waals surface area contributed by atoms with Crippen molar-refractivity contribution in [2.24, 2.45) is 0 Å². The number of fused-ring (bicyclic) bond motifs is 3. The monoisotopic (exact) mass is 344 g/mol. The summed E-state index contributed by atoms with van der Waals surface area (Å²) in [5, 5.41) is 2.07. The minimum Gasteiger partial charge on any atom is -0.462 e. The van der Waals surface area contributed by atoms with Crippen LogP contribution in [0.4, 0.5) is 0 Å². The zero-order chi connectivity index (χ0) is 17.9. The average molecular weight is 344 g/mol. The van der Waals surface area contributed by atoms with E-state index in [1.165, 1.54) is 12.4 Å². The molecule has 4 aromatic rings. The van der Waals surface area contributed by atoms with Crippen molar-refractivity contribution < 1.29 is 14.3 Å². The highest BCUT2D eigenvalue weighted by Crippen LogP contribution is 2.28. The van der Waals surface area contributed by atoms with E-state index in [1.807, 2.05) is 48.5 Å². The number of nitrogens with zero attached hydrogens (tertiary/aromatic N) is 2. The van der Waals surface area contributed by atoms with Crippen molar-refractivity contribution in [1.82, 2.24) is 9.55 Å². The van der Waals surface area contributed by atoms with E-state index >= 15 is 0 Å². The third kappa shape index (κ3) is 2.84. The van der Waals surface area contributed by atoms with Gasteiger partial charge in [0.05, 0.1) is 23.0 Å². The molecule has 0 aliphatic rings. The fourth-order valence-electron chi connectivity index (χ4n) is 3.11. The number of rotatable bonds is 4. The highest BCUT2D eigenvalue weighted by molar-refractivity contribution is 6.13. The maximum atomic E-state index is 12.8. The predicted octanol–water partition coefficient (Wildman–Crippen LogP) is 4.08. The molecule has 0 unspecified atom stereocenters. The summed E-state index contributed by atoms with van der Waals surface area (Å²) in [6.07, 6.45) is 3.17. The summed E-state index contributed by atoms with van der Waals surface area (Å²) >= 11 is 0. The Morgan fingerprint density at radius 1 is 0.846 bits per heavy atom. The third-order valence-corrected chi connectivity index (χ3v) is 4.29. The second-order valence-electron chi connectivity index (χ2n) is 5.89. The van der Waals surface area contributed by atoms with E-state index in [0.29, 0.717) is 5.56 Å². The lowest BCUT2D eigenvalue weighted by Crippen LogP contribution is -2.15. The largest absolute Gasteiger partial charge is 0.462 e. The van der Waals surface area contributed by atoms with Gasteiger partial charge in [0, 0.05) is 23.2 Å². The Hall–Kier alpha value is -3.47. The second-order valence-corrected chi connectivity index (χ2v) is 5.89. The molecular weight excluding hydrogens is 328 g/mol. The molecule has 26 heavy (non-hydrogen) atoms. The molecule has 4 rings (SSSR count). The van der Waals surface area contributed by atoms with Crippen molar-refractivity contribution >= 4 is 33.7 Å². The number of esters is 1. The molecule has 0 bridgehead atoms.